The van der Waals surface area contributed by atoms with Crippen molar-refractivity contribution < 1.29 is 19.4 Å². The molecule has 7 heteroatoms. The van der Waals surface area contributed by atoms with Gasteiger partial charge in [0.05, 0.1) is 0 Å². The highest BCUT2D eigenvalue weighted by molar-refractivity contribution is 5.80. The molecule has 1 aromatic heterocycles. The van der Waals surface area contributed by atoms with E-state index in [1.165, 1.54) is 12.4 Å². The van der Waals surface area contributed by atoms with Crippen molar-refractivity contribution in [1.82, 2.24) is 15.3 Å². The third-order valence-electron chi connectivity index (χ3n) is 2.51. The first-order valence-electron chi connectivity index (χ1n) is 5.86. The number of nitrogens with zero attached hydrogens (tertiary/aromatic N) is 1. The first kappa shape index (κ1) is 13.6. The van der Waals surface area contributed by atoms with Crippen LogP contribution in [0.1, 0.15) is 17.4 Å². The topological polar surface area (TPSA) is 104 Å². The van der Waals surface area contributed by atoms with Crippen molar-refractivity contribution in [2.75, 3.05) is 0 Å². The van der Waals surface area contributed by atoms with E-state index in [1.807, 2.05) is 18.2 Å². The molecule has 0 aliphatic rings. The molecular weight excluding hydrogens is 262 g/mol. The molecule has 1 unspecified atom stereocenters. The number of hydrogen-bond donors (Lipinski definition) is 3. The minimum Gasteiger partial charge on any atom is -0.479 e. The largest absolute Gasteiger partial charge is 0.479 e. The zero-order valence-electron chi connectivity index (χ0n) is 10.4. The second-order valence-electron chi connectivity index (χ2n) is 3.95. The fourth-order valence-corrected chi connectivity index (χ4v) is 1.57. The van der Waals surface area contributed by atoms with Gasteiger partial charge in [0, 0.05) is 12.4 Å². The third-order valence-corrected chi connectivity index (χ3v) is 2.51. The Morgan fingerprint density at radius 3 is 2.70 bits per heavy atom. The molecule has 0 radical (unpaired) electrons. The molecule has 0 fully saturated rings. The van der Waals surface area contributed by atoms with Crippen LogP contribution in [0.25, 0.3) is 0 Å². The highest BCUT2D eigenvalue weighted by Gasteiger charge is 2.24. The van der Waals surface area contributed by atoms with E-state index in [0.29, 0.717) is 0 Å². The number of alkyl carbamates (subject to hydrolysis) is 1. The molecule has 2 aromatic rings. The van der Waals surface area contributed by atoms with Crippen LogP contribution >= 0.6 is 0 Å². The van der Waals surface area contributed by atoms with E-state index < -0.39 is 18.1 Å². The Hall–Kier alpha value is -2.83. The summed E-state index contributed by atoms with van der Waals surface area (Å²) in [7, 11) is 0. The number of carboxylic acids is 1. The normalized spacial score (nSPS) is 11.6. The summed E-state index contributed by atoms with van der Waals surface area (Å²) < 4.78 is 4.95. The average molecular weight is 275 g/mol. The molecule has 20 heavy (non-hydrogen) atoms. The quantitative estimate of drug-likeness (QED) is 0.766. The molecule has 1 atom stereocenters. The van der Waals surface area contributed by atoms with Crippen LogP contribution in [0.5, 0.6) is 0 Å². The zero-order chi connectivity index (χ0) is 14.4. The fourth-order valence-electron chi connectivity index (χ4n) is 1.57. The van der Waals surface area contributed by atoms with Gasteiger partial charge < -0.3 is 20.1 Å². The number of carboxylic acid groups (broad SMARTS) is 1. The van der Waals surface area contributed by atoms with Crippen molar-refractivity contribution >= 4 is 12.1 Å². The monoisotopic (exact) mass is 275 g/mol. The first-order chi connectivity index (χ1) is 9.66. The lowest BCUT2D eigenvalue weighted by Gasteiger charge is -2.12. The summed E-state index contributed by atoms with van der Waals surface area (Å²) in [4.78, 5) is 29.1. The number of rotatable bonds is 5. The number of ether oxygens (including phenoxy) is 1. The summed E-state index contributed by atoms with van der Waals surface area (Å²) in [5.41, 5.74) is 0.813. The molecule has 104 valence electrons. The molecule has 7 nitrogen and oxygen atoms in total. The number of nitrogens with one attached hydrogen (secondary N) is 2. The Morgan fingerprint density at radius 2 is 2.10 bits per heavy atom. The van der Waals surface area contributed by atoms with Crippen LogP contribution in [0.2, 0.25) is 0 Å². The van der Waals surface area contributed by atoms with Crippen molar-refractivity contribution in [1.29, 1.82) is 0 Å². The number of hydrogen-bond acceptors (Lipinski definition) is 4. The maximum absolute atomic E-state index is 11.6. The van der Waals surface area contributed by atoms with E-state index in [1.54, 1.807) is 12.1 Å². The van der Waals surface area contributed by atoms with Crippen molar-refractivity contribution in [3.8, 4) is 0 Å². The number of aliphatic carboxylic acids is 1. The lowest BCUT2D eigenvalue weighted by atomic mass is 10.2. The van der Waals surface area contributed by atoms with Gasteiger partial charge in [0.25, 0.3) is 0 Å². The summed E-state index contributed by atoms with van der Waals surface area (Å²) in [6.07, 6.45) is 2.06. The molecule has 0 saturated heterocycles. The van der Waals surface area contributed by atoms with Gasteiger partial charge in [-0.05, 0) is 5.56 Å². The highest BCUT2D eigenvalue weighted by atomic mass is 16.5. The summed E-state index contributed by atoms with van der Waals surface area (Å²) in [6, 6.07) is 7.82. The van der Waals surface area contributed by atoms with Crippen LogP contribution in [0, 0.1) is 0 Å². The summed E-state index contributed by atoms with van der Waals surface area (Å²) in [5.74, 6) is -1.09. The van der Waals surface area contributed by atoms with Crippen LogP contribution in [-0.4, -0.2) is 27.1 Å². The van der Waals surface area contributed by atoms with Gasteiger partial charge in [-0.1, -0.05) is 30.3 Å². The second kappa shape index (κ2) is 6.37. The van der Waals surface area contributed by atoms with Gasteiger partial charge in [-0.3, -0.25) is 0 Å². The number of aromatic amines is 1. The number of carbonyl (C=O) groups is 2. The van der Waals surface area contributed by atoms with Gasteiger partial charge in [0.15, 0.2) is 6.04 Å². The lowest BCUT2D eigenvalue weighted by Crippen LogP contribution is -2.34. The standard InChI is InChI=1S/C13H13N3O4/c17-12(18)10(11-14-6-7-15-11)16-13(19)20-8-9-4-2-1-3-5-9/h1-7,10H,8H2,(H,14,15)(H,16,19)(H,17,18). The fraction of sp³-hybridized carbons (Fsp3) is 0.154. The summed E-state index contributed by atoms with van der Waals surface area (Å²) in [5, 5.41) is 11.3. The Bertz CT molecular complexity index is 569. The number of imidazole rings is 1. The minimum absolute atomic E-state index is 0.0666. The maximum atomic E-state index is 11.6. The van der Waals surface area contributed by atoms with E-state index in [4.69, 9.17) is 9.84 Å². The number of carbonyl (C=O) groups excluding carboxylic acids is 1. The number of aromatic nitrogens is 2. The predicted molar refractivity (Wildman–Crippen MR) is 68.7 cm³/mol. The number of benzene rings is 1. The summed E-state index contributed by atoms with van der Waals surface area (Å²) >= 11 is 0. The van der Waals surface area contributed by atoms with Gasteiger partial charge in [-0.15, -0.1) is 0 Å². The average Bonchev–Trinajstić information content (AvgIpc) is 2.97. The van der Waals surface area contributed by atoms with Crippen LogP contribution in [0.3, 0.4) is 0 Å². The molecule has 1 amide bonds. The Balaban J connectivity index is 1.91. The maximum Gasteiger partial charge on any atom is 0.408 e. The molecule has 0 aliphatic carbocycles. The van der Waals surface area contributed by atoms with Gasteiger partial charge in [0.1, 0.15) is 12.4 Å². The van der Waals surface area contributed by atoms with Gasteiger partial charge in [0.2, 0.25) is 0 Å². The van der Waals surface area contributed by atoms with E-state index in [-0.39, 0.29) is 12.4 Å². The second-order valence-corrected chi connectivity index (χ2v) is 3.95. The number of H-pyrrole nitrogens is 1. The Morgan fingerprint density at radius 1 is 1.35 bits per heavy atom. The van der Waals surface area contributed by atoms with Crippen molar-refractivity contribution in [2.24, 2.45) is 0 Å². The predicted octanol–water partition coefficient (Wildman–Crippen LogP) is 1.46. The highest BCUT2D eigenvalue weighted by Crippen LogP contribution is 2.08. The first-order valence-corrected chi connectivity index (χ1v) is 5.86. The van der Waals surface area contributed by atoms with Crippen molar-refractivity contribution in [3.05, 3.63) is 54.1 Å². The zero-order valence-corrected chi connectivity index (χ0v) is 10.4. The molecule has 0 aliphatic heterocycles. The van der Waals surface area contributed by atoms with Crippen LogP contribution in [0.15, 0.2) is 42.7 Å². The Labute approximate surface area is 114 Å². The molecule has 3 N–H and O–H groups in total. The van der Waals surface area contributed by atoms with Crippen LogP contribution < -0.4 is 5.32 Å². The summed E-state index contributed by atoms with van der Waals surface area (Å²) in [6.45, 7) is 0.0666. The van der Waals surface area contributed by atoms with E-state index in [9.17, 15) is 9.59 Å². The van der Waals surface area contributed by atoms with Crippen molar-refractivity contribution in [2.45, 2.75) is 12.6 Å². The molecule has 0 saturated carbocycles. The third kappa shape index (κ3) is 3.58. The van der Waals surface area contributed by atoms with Gasteiger partial charge in [-0.2, -0.15) is 0 Å². The molecule has 0 bridgehead atoms. The van der Waals surface area contributed by atoms with Crippen LogP contribution in [-0.2, 0) is 16.1 Å². The van der Waals surface area contributed by atoms with Crippen molar-refractivity contribution in [3.63, 3.8) is 0 Å². The van der Waals surface area contributed by atoms with E-state index in [2.05, 4.69) is 15.3 Å². The Kier molecular flexibility index (Phi) is 4.33. The molecule has 1 aromatic carbocycles. The van der Waals surface area contributed by atoms with E-state index >= 15 is 0 Å². The molecule has 1 heterocycles. The van der Waals surface area contributed by atoms with E-state index in [0.717, 1.165) is 5.56 Å². The minimum atomic E-state index is -1.27. The number of amides is 1. The van der Waals surface area contributed by atoms with Gasteiger partial charge >= 0.3 is 12.1 Å². The molecule has 2 rings (SSSR count). The lowest BCUT2D eigenvalue weighted by molar-refractivity contribution is -0.139. The molecule has 0 spiro atoms. The smallest absolute Gasteiger partial charge is 0.408 e. The van der Waals surface area contributed by atoms with Gasteiger partial charge in [-0.25, -0.2) is 14.6 Å². The molecular formula is C13H13N3O4. The SMILES string of the molecule is O=C(NC(C(=O)O)c1ncc[nH]1)OCc1ccccc1. The van der Waals surface area contributed by atoms with Crippen LogP contribution in [0.4, 0.5) is 4.79 Å².